The van der Waals surface area contributed by atoms with E-state index in [9.17, 15) is 4.79 Å². The van der Waals surface area contributed by atoms with Crippen LogP contribution in [0.2, 0.25) is 0 Å². The standard InChI is InChI=1S/C12H8N2O/c15-7-12-9-5-8-3-1-2-4-10(8)14-11(9)6-13-12/h1-7,12H. The number of pyridine rings is 1. The van der Waals surface area contributed by atoms with Crippen molar-refractivity contribution < 1.29 is 4.79 Å². The van der Waals surface area contributed by atoms with Crippen molar-refractivity contribution in [2.45, 2.75) is 6.04 Å². The molecule has 2 aromatic rings. The molecule has 0 radical (unpaired) electrons. The third kappa shape index (κ3) is 1.16. The third-order valence-electron chi connectivity index (χ3n) is 2.59. The summed E-state index contributed by atoms with van der Waals surface area (Å²) in [7, 11) is 0. The second-order valence-corrected chi connectivity index (χ2v) is 3.51. The second-order valence-electron chi connectivity index (χ2n) is 3.51. The van der Waals surface area contributed by atoms with E-state index in [4.69, 9.17) is 0 Å². The number of carbonyl (C=O) groups is 1. The first-order chi connectivity index (χ1) is 7.38. The molecule has 0 bridgehead atoms. The van der Waals surface area contributed by atoms with Crippen molar-refractivity contribution in [1.29, 1.82) is 0 Å². The number of benzene rings is 1. The quantitative estimate of drug-likeness (QED) is 0.654. The fourth-order valence-corrected chi connectivity index (χ4v) is 1.83. The molecule has 0 saturated heterocycles. The van der Waals surface area contributed by atoms with Crippen LogP contribution in [0.5, 0.6) is 0 Å². The molecule has 2 heterocycles. The molecular formula is C12H8N2O. The van der Waals surface area contributed by atoms with E-state index in [2.05, 4.69) is 9.98 Å². The highest BCUT2D eigenvalue weighted by Gasteiger charge is 2.19. The number of rotatable bonds is 1. The predicted molar refractivity (Wildman–Crippen MR) is 58.1 cm³/mol. The first-order valence-corrected chi connectivity index (χ1v) is 4.76. The molecule has 72 valence electrons. The van der Waals surface area contributed by atoms with Crippen LogP contribution < -0.4 is 0 Å². The van der Waals surface area contributed by atoms with Crippen molar-refractivity contribution in [2.75, 3.05) is 0 Å². The number of hydrogen-bond donors (Lipinski definition) is 0. The minimum absolute atomic E-state index is 0.364. The van der Waals surface area contributed by atoms with Crippen LogP contribution in [0, 0.1) is 0 Å². The fraction of sp³-hybridized carbons (Fsp3) is 0.0833. The molecule has 1 aliphatic rings. The predicted octanol–water partition coefficient (Wildman–Crippen LogP) is 1.91. The van der Waals surface area contributed by atoms with Crippen molar-refractivity contribution in [3.63, 3.8) is 0 Å². The molecule has 1 aromatic heterocycles. The summed E-state index contributed by atoms with van der Waals surface area (Å²) in [5, 5.41) is 1.05. The van der Waals surface area contributed by atoms with Gasteiger partial charge < -0.3 is 4.79 Å². The van der Waals surface area contributed by atoms with Gasteiger partial charge in [-0.3, -0.25) is 4.99 Å². The van der Waals surface area contributed by atoms with E-state index in [-0.39, 0.29) is 6.04 Å². The van der Waals surface area contributed by atoms with Crippen molar-refractivity contribution in [3.05, 3.63) is 41.6 Å². The maximum atomic E-state index is 10.8. The Morgan fingerprint density at radius 1 is 1.27 bits per heavy atom. The molecule has 3 nitrogen and oxygen atoms in total. The van der Waals surface area contributed by atoms with Gasteiger partial charge in [0, 0.05) is 17.2 Å². The maximum absolute atomic E-state index is 10.8. The van der Waals surface area contributed by atoms with Gasteiger partial charge in [0.15, 0.2) is 0 Å². The fourth-order valence-electron chi connectivity index (χ4n) is 1.83. The number of nitrogens with zero attached hydrogens (tertiary/aromatic N) is 2. The van der Waals surface area contributed by atoms with Gasteiger partial charge >= 0.3 is 0 Å². The summed E-state index contributed by atoms with van der Waals surface area (Å²) in [6.07, 6.45) is 2.51. The lowest BCUT2D eigenvalue weighted by atomic mass is 10.1. The summed E-state index contributed by atoms with van der Waals surface area (Å²) < 4.78 is 0. The lowest BCUT2D eigenvalue weighted by Crippen LogP contribution is -1.96. The number of aliphatic imine (C=N–C) groups is 1. The Morgan fingerprint density at radius 3 is 3.00 bits per heavy atom. The maximum Gasteiger partial charge on any atom is 0.149 e. The first-order valence-electron chi connectivity index (χ1n) is 4.76. The number of carbonyl (C=O) groups excluding carboxylic acids is 1. The number of aldehydes is 1. The minimum atomic E-state index is -0.364. The Labute approximate surface area is 86.5 Å². The molecule has 1 unspecified atom stereocenters. The molecule has 0 amide bonds. The van der Waals surface area contributed by atoms with Gasteiger partial charge in [0.1, 0.15) is 12.3 Å². The minimum Gasteiger partial charge on any atom is -0.301 e. The number of para-hydroxylation sites is 1. The molecule has 0 fully saturated rings. The van der Waals surface area contributed by atoms with Gasteiger partial charge in [-0.25, -0.2) is 4.98 Å². The average molecular weight is 196 g/mol. The largest absolute Gasteiger partial charge is 0.301 e. The van der Waals surface area contributed by atoms with E-state index in [1.807, 2.05) is 30.3 Å². The highest BCUT2D eigenvalue weighted by Crippen LogP contribution is 2.26. The monoisotopic (exact) mass is 196 g/mol. The van der Waals surface area contributed by atoms with E-state index in [1.54, 1.807) is 6.21 Å². The normalized spacial score (nSPS) is 18.0. The lowest BCUT2D eigenvalue weighted by molar-refractivity contribution is -0.108. The van der Waals surface area contributed by atoms with Crippen LogP contribution in [0.4, 0.5) is 0 Å². The zero-order valence-electron chi connectivity index (χ0n) is 7.92. The SMILES string of the molecule is O=CC1N=Cc2nc3ccccc3cc21. The second kappa shape index (κ2) is 2.98. The van der Waals surface area contributed by atoms with Crippen LogP contribution in [-0.4, -0.2) is 17.5 Å². The molecule has 15 heavy (non-hydrogen) atoms. The zero-order chi connectivity index (χ0) is 10.3. The Bertz CT molecular complexity index is 575. The highest BCUT2D eigenvalue weighted by molar-refractivity contribution is 5.92. The zero-order valence-corrected chi connectivity index (χ0v) is 7.92. The topological polar surface area (TPSA) is 42.3 Å². The number of hydrogen-bond acceptors (Lipinski definition) is 3. The van der Waals surface area contributed by atoms with Gasteiger partial charge in [-0.15, -0.1) is 0 Å². The van der Waals surface area contributed by atoms with E-state index in [1.165, 1.54) is 0 Å². The van der Waals surface area contributed by atoms with Gasteiger partial charge in [-0.2, -0.15) is 0 Å². The highest BCUT2D eigenvalue weighted by atomic mass is 16.1. The summed E-state index contributed by atoms with van der Waals surface area (Å²) in [6.45, 7) is 0. The van der Waals surface area contributed by atoms with E-state index >= 15 is 0 Å². The van der Waals surface area contributed by atoms with Gasteiger partial charge in [0.2, 0.25) is 0 Å². The Kier molecular flexibility index (Phi) is 1.65. The molecule has 0 aliphatic carbocycles. The van der Waals surface area contributed by atoms with E-state index < -0.39 is 0 Å². The molecular weight excluding hydrogens is 188 g/mol. The Morgan fingerprint density at radius 2 is 2.13 bits per heavy atom. The van der Waals surface area contributed by atoms with Crippen molar-refractivity contribution in [3.8, 4) is 0 Å². The summed E-state index contributed by atoms with van der Waals surface area (Å²) in [5.74, 6) is 0. The van der Waals surface area contributed by atoms with Crippen molar-refractivity contribution >= 4 is 23.4 Å². The number of aromatic nitrogens is 1. The van der Waals surface area contributed by atoms with Crippen LogP contribution in [0.15, 0.2) is 35.3 Å². The summed E-state index contributed by atoms with van der Waals surface area (Å²) in [6, 6.07) is 9.48. The van der Waals surface area contributed by atoms with E-state index in [0.717, 1.165) is 28.4 Å². The molecule has 0 N–H and O–H groups in total. The molecule has 1 aliphatic heterocycles. The van der Waals surface area contributed by atoms with Crippen LogP contribution in [-0.2, 0) is 4.79 Å². The summed E-state index contributed by atoms with van der Waals surface area (Å²) >= 11 is 0. The van der Waals surface area contributed by atoms with Crippen LogP contribution in [0.1, 0.15) is 17.3 Å². The lowest BCUT2D eigenvalue weighted by Gasteiger charge is -2.03. The van der Waals surface area contributed by atoms with E-state index in [0.29, 0.717) is 0 Å². The molecule has 0 saturated carbocycles. The summed E-state index contributed by atoms with van der Waals surface area (Å²) in [5.41, 5.74) is 2.66. The van der Waals surface area contributed by atoms with Gasteiger partial charge in [0.25, 0.3) is 0 Å². The molecule has 0 spiro atoms. The molecule has 1 atom stereocenters. The average Bonchev–Trinajstić information content (AvgIpc) is 2.68. The van der Waals surface area contributed by atoms with Gasteiger partial charge in [-0.1, -0.05) is 18.2 Å². The molecule has 1 aromatic carbocycles. The summed E-state index contributed by atoms with van der Waals surface area (Å²) in [4.78, 5) is 19.3. The van der Waals surface area contributed by atoms with Crippen LogP contribution in [0.25, 0.3) is 10.9 Å². The third-order valence-corrected chi connectivity index (χ3v) is 2.59. The molecule has 3 heteroatoms. The van der Waals surface area contributed by atoms with Gasteiger partial charge in [0.05, 0.1) is 11.2 Å². The van der Waals surface area contributed by atoms with Crippen molar-refractivity contribution in [2.24, 2.45) is 4.99 Å². The van der Waals surface area contributed by atoms with Crippen LogP contribution in [0.3, 0.4) is 0 Å². The Hall–Kier alpha value is -2.03. The van der Waals surface area contributed by atoms with Gasteiger partial charge in [-0.05, 0) is 12.1 Å². The molecule has 3 rings (SSSR count). The first kappa shape index (κ1) is 8.29. The Balaban J connectivity index is 2.31. The smallest absolute Gasteiger partial charge is 0.149 e. The number of fused-ring (bicyclic) bond motifs is 2. The van der Waals surface area contributed by atoms with Crippen LogP contribution >= 0.6 is 0 Å². The van der Waals surface area contributed by atoms with Crippen molar-refractivity contribution in [1.82, 2.24) is 4.98 Å².